The molecule has 1 unspecified atom stereocenters. The molecule has 0 aromatic heterocycles. The second-order valence-electron chi connectivity index (χ2n) is 8.12. The van der Waals surface area contributed by atoms with Crippen molar-refractivity contribution in [1.82, 2.24) is 20.9 Å². The summed E-state index contributed by atoms with van der Waals surface area (Å²) >= 11 is 0. The van der Waals surface area contributed by atoms with Crippen LogP contribution in [0.15, 0.2) is 36.4 Å². The summed E-state index contributed by atoms with van der Waals surface area (Å²) in [4.78, 5) is 50.2. The van der Waals surface area contributed by atoms with Gasteiger partial charge in [0.05, 0.1) is 0 Å². The number of hydrogen-bond acceptors (Lipinski definition) is 6. The molecule has 10 heteroatoms. The fraction of sp³-hybridized carbons (Fsp3) is 0.304. The van der Waals surface area contributed by atoms with Gasteiger partial charge in [-0.3, -0.25) is 19.7 Å². The molecule has 2 aromatic rings. The van der Waals surface area contributed by atoms with E-state index >= 15 is 0 Å². The summed E-state index contributed by atoms with van der Waals surface area (Å²) < 4.78 is 10.6. The zero-order valence-corrected chi connectivity index (χ0v) is 17.7. The average Bonchev–Trinajstić information content (AvgIpc) is 3.40. The molecular weight excluding hydrogens is 428 g/mol. The number of urea groups is 1. The molecule has 170 valence electrons. The van der Waals surface area contributed by atoms with Crippen molar-refractivity contribution in [3.63, 3.8) is 0 Å². The van der Waals surface area contributed by atoms with Crippen molar-refractivity contribution in [3.05, 3.63) is 58.7 Å². The van der Waals surface area contributed by atoms with Gasteiger partial charge in [0.2, 0.25) is 18.6 Å². The Morgan fingerprint density at radius 3 is 2.52 bits per heavy atom. The van der Waals surface area contributed by atoms with Crippen LogP contribution in [0, 0.1) is 0 Å². The Kier molecular flexibility index (Phi) is 5.33. The third-order valence-electron chi connectivity index (χ3n) is 5.94. The number of amides is 5. The number of carbonyl (C=O) groups is 4. The molecule has 1 fully saturated rings. The first-order chi connectivity index (χ1) is 16.0. The van der Waals surface area contributed by atoms with Gasteiger partial charge in [0, 0.05) is 31.6 Å². The lowest BCUT2D eigenvalue weighted by molar-refractivity contribution is -0.136. The van der Waals surface area contributed by atoms with Gasteiger partial charge in [-0.05, 0) is 41.3 Å². The number of nitrogens with one attached hydrogen (secondary N) is 3. The minimum Gasteiger partial charge on any atom is -0.454 e. The molecule has 3 heterocycles. The summed E-state index contributed by atoms with van der Waals surface area (Å²) in [5.74, 6) is 0.349. The lowest BCUT2D eigenvalue weighted by Crippen LogP contribution is -2.52. The Morgan fingerprint density at radius 2 is 1.73 bits per heavy atom. The Morgan fingerprint density at radius 1 is 1.00 bits per heavy atom. The van der Waals surface area contributed by atoms with Crippen molar-refractivity contribution >= 4 is 23.8 Å². The van der Waals surface area contributed by atoms with Crippen molar-refractivity contribution in [2.75, 3.05) is 6.79 Å². The van der Waals surface area contributed by atoms with E-state index < -0.39 is 11.9 Å². The standard InChI is InChI=1S/C23H22N4O6/c28-20-6-4-17(21(29)26-20)27-11-15-3-1-13(7-16(15)22(27)30)9-24-23(31)25-10-14-2-5-18-19(8-14)33-12-32-18/h1-3,5,7-8,17H,4,6,9-12H2,(H2,24,25,31)(H,26,28,29). The molecule has 3 aliphatic rings. The van der Waals surface area contributed by atoms with Crippen molar-refractivity contribution < 1.29 is 28.7 Å². The van der Waals surface area contributed by atoms with Crippen molar-refractivity contribution in [2.45, 2.75) is 38.5 Å². The van der Waals surface area contributed by atoms with Crippen LogP contribution in [0.2, 0.25) is 0 Å². The van der Waals surface area contributed by atoms with Crippen molar-refractivity contribution in [1.29, 1.82) is 0 Å². The SMILES string of the molecule is O=C1CCC(N2Cc3ccc(CNC(=O)NCc4ccc5c(c4)OCO5)cc3C2=O)C(=O)N1. The monoisotopic (exact) mass is 450 g/mol. The Bertz CT molecular complexity index is 1160. The lowest BCUT2D eigenvalue weighted by Gasteiger charge is -2.29. The van der Waals surface area contributed by atoms with Gasteiger partial charge in [-0.15, -0.1) is 0 Å². The highest BCUT2D eigenvalue weighted by Crippen LogP contribution is 2.32. The minimum atomic E-state index is -0.647. The normalized spacial score (nSPS) is 18.7. The largest absolute Gasteiger partial charge is 0.454 e. The number of imide groups is 1. The second kappa shape index (κ2) is 8.45. The van der Waals surface area contributed by atoms with Gasteiger partial charge in [-0.1, -0.05) is 18.2 Å². The number of ether oxygens (including phenoxy) is 2. The van der Waals surface area contributed by atoms with Gasteiger partial charge in [0.25, 0.3) is 5.91 Å². The van der Waals surface area contributed by atoms with Gasteiger partial charge in [-0.25, -0.2) is 4.79 Å². The number of hydrogen-bond donors (Lipinski definition) is 3. The summed E-state index contributed by atoms with van der Waals surface area (Å²) in [6.45, 7) is 1.09. The summed E-state index contributed by atoms with van der Waals surface area (Å²) in [6.07, 6.45) is 0.537. The summed E-state index contributed by atoms with van der Waals surface area (Å²) in [5.41, 5.74) is 2.98. The van der Waals surface area contributed by atoms with Gasteiger partial charge in [0.1, 0.15) is 6.04 Å². The molecule has 10 nitrogen and oxygen atoms in total. The quantitative estimate of drug-likeness (QED) is 0.588. The summed E-state index contributed by atoms with van der Waals surface area (Å²) in [5, 5.41) is 7.86. The van der Waals surface area contributed by atoms with E-state index in [9.17, 15) is 19.2 Å². The molecule has 0 aliphatic carbocycles. The zero-order valence-electron chi connectivity index (χ0n) is 17.7. The molecule has 33 heavy (non-hydrogen) atoms. The van der Waals surface area contributed by atoms with E-state index in [1.54, 1.807) is 12.1 Å². The molecule has 5 rings (SSSR count). The maximum absolute atomic E-state index is 12.9. The topological polar surface area (TPSA) is 126 Å². The highest BCUT2D eigenvalue weighted by atomic mass is 16.7. The summed E-state index contributed by atoms with van der Waals surface area (Å²) in [7, 11) is 0. The van der Waals surface area contributed by atoms with Crippen LogP contribution in [0.4, 0.5) is 4.79 Å². The number of rotatable bonds is 5. The van der Waals surface area contributed by atoms with Crippen LogP contribution in [-0.2, 0) is 29.2 Å². The Hall–Kier alpha value is -4.08. The molecule has 3 aliphatic heterocycles. The third-order valence-corrected chi connectivity index (χ3v) is 5.94. The van der Waals surface area contributed by atoms with Crippen LogP contribution in [-0.4, -0.2) is 41.5 Å². The maximum atomic E-state index is 12.9. The molecule has 1 atom stereocenters. The summed E-state index contributed by atoms with van der Waals surface area (Å²) in [6, 6.07) is 9.91. The van der Waals surface area contributed by atoms with E-state index in [1.165, 1.54) is 4.90 Å². The Labute approximate surface area is 189 Å². The van der Waals surface area contributed by atoms with Gasteiger partial charge >= 0.3 is 6.03 Å². The first-order valence-electron chi connectivity index (χ1n) is 10.6. The van der Waals surface area contributed by atoms with Crippen LogP contribution in [0.3, 0.4) is 0 Å². The Balaban J connectivity index is 1.16. The van der Waals surface area contributed by atoms with Crippen LogP contribution in [0.5, 0.6) is 11.5 Å². The highest BCUT2D eigenvalue weighted by molar-refractivity contribution is 6.05. The number of carbonyl (C=O) groups excluding carboxylic acids is 4. The number of benzene rings is 2. The van der Waals surface area contributed by atoms with E-state index in [2.05, 4.69) is 16.0 Å². The van der Waals surface area contributed by atoms with Crippen molar-refractivity contribution in [2.24, 2.45) is 0 Å². The molecule has 5 amide bonds. The van der Waals surface area contributed by atoms with Crippen LogP contribution < -0.4 is 25.4 Å². The average molecular weight is 450 g/mol. The fourth-order valence-corrected chi connectivity index (χ4v) is 4.19. The lowest BCUT2D eigenvalue weighted by atomic mass is 10.0. The highest BCUT2D eigenvalue weighted by Gasteiger charge is 2.39. The fourth-order valence-electron chi connectivity index (χ4n) is 4.19. The van der Waals surface area contributed by atoms with Gasteiger partial charge in [0.15, 0.2) is 11.5 Å². The molecule has 1 saturated heterocycles. The molecular formula is C23H22N4O6. The van der Waals surface area contributed by atoms with E-state index in [4.69, 9.17) is 9.47 Å². The zero-order chi connectivity index (χ0) is 22.9. The molecule has 0 saturated carbocycles. The number of piperidine rings is 1. The third kappa shape index (κ3) is 4.19. The molecule has 0 spiro atoms. The van der Waals surface area contributed by atoms with Gasteiger partial charge in [-0.2, -0.15) is 0 Å². The van der Waals surface area contributed by atoms with Crippen LogP contribution >= 0.6 is 0 Å². The molecule has 2 aromatic carbocycles. The predicted octanol–water partition coefficient (Wildman–Crippen LogP) is 1.18. The maximum Gasteiger partial charge on any atom is 0.315 e. The second-order valence-corrected chi connectivity index (χ2v) is 8.12. The van der Waals surface area contributed by atoms with Gasteiger partial charge < -0.3 is 25.0 Å². The van der Waals surface area contributed by atoms with E-state index in [0.717, 1.165) is 16.7 Å². The predicted molar refractivity (Wildman–Crippen MR) is 114 cm³/mol. The first kappa shape index (κ1) is 20.8. The number of nitrogens with zero attached hydrogens (tertiary/aromatic N) is 1. The first-order valence-corrected chi connectivity index (χ1v) is 10.6. The van der Waals surface area contributed by atoms with E-state index in [1.807, 2.05) is 24.3 Å². The van der Waals surface area contributed by atoms with Crippen LogP contribution in [0.1, 0.15) is 39.9 Å². The molecule has 0 radical (unpaired) electrons. The smallest absolute Gasteiger partial charge is 0.315 e. The van der Waals surface area contributed by atoms with E-state index in [-0.39, 0.29) is 37.6 Å². The van der Waals surface area contributed by atoms with Crippen LogP contribution in [0.25, 0.3) is 0 Å². The molecule has 0 bridgehead atoms. The van der Waals surface area contributed by atoms with Crippen molar-refractivity contribution in [3.8, 4) is 11.5 Å². The van der Waals surface area contributed by atoms with E-state index in [0.29, 0.717) is 36.6 Å². The minimum absolute atomic E-state index is 0.196. The number of fused-ring (bicyclic) bond motifs is 2. The molecule has 3 N–H and O–H groups in total.